The highest BCUT2D eigenvalue weighted by molar-refractivity contribution is 6.36. The van der Waals surface area contributed by atoms with Crippen LogP contribution in [0.15, 0.2) is 48.5 Å². The van der Waals surface area contributed by atoms with Crippen molar-refractivity contribution in [3.05, 3.63) is 64.1 Å². The third-order valence-corrected chi connectivity index (χ3v) is 4.36. The summed E-state index contributed by atoms with van der Waals surface area (Å²) in [6.45, 7) is 3.60. The normalized spacial score (nSPS) is 11.7. The van der Waals surface area contributed by atoms with E-state index >= 15 is 0 Å². The standard InChI is InChI=1S/C19H20Cl2N2O2/c1-13(15-6-4-3-5-7-15)22-19(25)10-11-23(14(2)24)18-9-8-16(20)12-17(18)21/h3-9,12-13H,10-11H2,1-2H3,(H,22,25). The molecule has 0 aliphatic rings. The number of rotatable bonds is 6. The fourth-order valence-corrected chi connectivity index (χ4v) is 3.01. The molecule has 2 rings (SSSR count). The molecule has 0 fully saturated rings. The number of nitrogens with zero attached hydrogens (tertiary/aromatic N) is 1. The third kappa shape index (κ3) is 5.48. The van der Waals surface area contributed by atoms with Crippen molar-refractivity contribution in [2.24, 2.45) is 0 Å². The van der Waals surface area contributed by atoms with Crippen LogP contribution in [-0.4, -0.2) is 18.4 Å². The molecule has 1 unspecified atom stereocenters. The van der Waals surface area contributed by atoms with Crippen LogP contribution in [0.2, 0.25) is 10.0 Å². The number of amides is 2. The van der Waals surface area contributed by atoms with Crippen molar-refractivity contribution in [2.75, 3.05) is 11.4 Å². The highest BCUT2D eigenvalue weighted by Gasteiger charge is 2.17. The summed E-state index contributed by atoms with van der Waals surface area (Å²) < 4.78 is 0. The number of benzene rings is 2. The molecule has 0 aliphatic carbocycles. The van der Waals surface area contributed by atoms with Gasteiger partial charge in [-0.2, -0.15) is 0 Å². The molecule has 0 bridgehead atoms. The van der Waals surface area contributed by atoms with Crippen molar-refractivity contribution in [3.8, 4) is 0 Å². The second kappa shape index (κ2) is 8.88. The summed E-state index contributed by atoms with van der Waals surface area (Å²) in [6.07, 6.45) is 0.176. The Bertz CT molecular complexity index is 750. The zero-order valence-corrected chi connectivity index (χ0v) is 15.6. The van der Waals surface area contributed by atoms with Gasteiger partial charge >= 0.3 is 0 Å². The SMILES string of the molecule is CC(=O)N(CCC(=O)NC(C)c1ccccc1)c1ccc(Cl)cc1Cl. The van der Waals surface area contributed by atoms with Gasteiger partial charge in [-0.15, -0.1) is 0 Å². The van der Waals surface area contributed by atoms with Crippen LogP contribution in [0.5, 0.6) is 0 Å². The Balaban J connectivity index is 1.99. The van der Waals surface area contributed by atoms with E-state index in [2.05, 4.69) is 5.32 Å². The quantitative estimate of drug-likeness (QED) is 0.797. The van der Waals surface area contributed by atoms with Gasteiger partial charge in [0.1, 0.15) is 0 Å². The fourth-order valence-electron chi connectivity index (χ4n) is 2.50. The number of anilines is 1. The van der Waals surface area contributed by atoms with Crippen LogP contribution in [0.3, 0.4) is 0 Å². The number of carbonyl (C=O) groups excluding carboxylic acids is 2. The third-order valence-electron chi connectivity index (χ3n) is 3.82. The highest BCUT2D eigenvalue weighted by atomic mass is 35.5. The summed E-state index contributed by atoms with van der Waals surface area (Å²) in [6, 6.07) is 14.5. The number of carbonyl (C=O) groups is 2. The summed E-state index contributed by atoms with van der Waals surface area (Å²) in [5.41, 5.74) is 1.57. The molecule has 0 spiro atoms. The summed E-state index contributed by atoms with van der Waals surface area (Å²) in [7, 11) is 0. The Morgan fingerprint density at radius 3 is 2.40 bits per heavy atom. The minimum atomic E-state index is -0.187. The van der Waals surface area contributed by atoms with E-state index in [4.69, 9.17) is 23.2 Å². The lowest BCUT2D eigenvalue weighted by atomic mass is 10.1. The molecule has 1 atom stereocenters. The van der Waals surface area contributed by atoms with Crippen molar-refractivity contribution in [1.82, 2.24) is 5.32 Å². The van der Waals surface area contributed by atoms with Crippen LogP contribution in [0, 0.1) is 0 Å². The zero-order chi connectivity index (χ0) is 18.4. The molecular weight excluding hydrogens is 359 g/mol. The first kappa shape index (κ1) is 19.3. The van der Waals surface area contributed by atoms with Crippen molar-refractivity contribution in [1.29, 1.82) is 0 Å². The molecule has 0 saturated carbocycles. The van der Waals surface area contributed by atoms with E-state index in [1.807, 2.05) is 37.3 Å². The van der Waals surface area contributed by atoms with Gasteiger partial charge in [-0.3, -0.25) is 9.59 Å². The van der Waals surface area contributed by atoms with Gasteiger partial charge in [-0.05, 0) is 30.7 Å². The van der Waals surface area contributed by atoms with Crippen molar-refractivity contribution in [2.45, 2.75) is 26.3 Å². The van der Waals surface area contributed by atoms with Gasteiger partial charge < -0.3 is 10.2 Å². The van der Waals surface area contributed by atoms with Gasteiger partial charge in [-0.1, -0.05) is 53.5 Å². The largest absolute Gasteiger partial charge is 0.350 e. The summed E-state index contributed by atoms with van der Waals surface area (Å²) in [4.78, 5) is 25.6. The van der Waals surface area contributed by atoms with E-state index in [0.717, 1.165) is 5.56 Å². The lowest BCUT2D eigenvalue weighted by Gasteiger charge is -2.23. The fraction of sp³-hybridized carbons (Fsp3) is 0.263. The first-order valence-electron chi connectivity index (χ1n) is 7.96. The number of halogens is 2. The highest BCUT2D eigenvalue weighted by Crippen LogP contribution is 2.29. The lowest BCUT2D eigenvalue weighted by Crippen LogP contribution is -2.34. The molecule has 2 aromatic carbocycles. The van der Waals surface area contributed by atoms with E-state index in [9.17, 15) is 9.59 Å². The average molecular weight is 379 g/mol. The molecule has 0 aromatic heterocycles. The average Bonchev–Trinajstić information content (AvgIpc) is 2.57. The van der Waals surface area contributed by atoms with E-state index in [0.29, 0.717) is 15.7 Å². The molecular formula is C19H20Cl2N2O2. The van der Waals surface area contributed by atoms with Crippen LogP contribution in [0.4, 0.5) is 5.69 Å². The smallest absolute Gasteiger partial charge is 0.223 e. The minimum Gasteiger partial charge on any atom is -0.350 e. The van der Waals surface area contributed by atoms with Gasteiger partial charge in [0.2, 0.25) is 11.8 Å². The molecule has 0 aliphatic heterocycles. The van der Waals surface area contributed by atoms with Gasteiger partial charge in [0, 0.05) is 24.9 Å². The van der Waals surface area contributed by atoms with Gasteiger partial charge in [0.15, 0.2) is 0 Å². The second-order valence-electron chi connectivity index (χ2n) is 5.72. The molecule has 0 heterocycles. The Hall–Kier alpha value is -2.04. The number of nitrogens with one attached hydrogen (secondary N) is 1. The number of hydrogen-bond acceptors (Lipinski definition) is 2. The molecule has 6 heteroatoms. The van der Waals surface area contributed by atoms with Crippen LogP contribution >= 0.6 is 23.2 Å². The first-order valence-corrected chi connectivity index (χ1v) is 8.71. The van der Waals surface area contributed by atoms with Crippen LogP contribution < -0.4 is 10.2 Å². The topological polar surface area (TPSA) is 49.4 Å². The molecule has 4 nitrogen and oxygen atoms in total. The van der Waals surface area contributed by atoms with E-state index in [1.165, 1.54) is 11.8 Å². The Labute approximate surface area is 157 Å². The summed E-state index contributed by atoms with van der Waals surface area (Å²) in [5.74, 6) is -0.319. The van der Waals surface area contributed by atoms with E-state index < -0.39 is 0 Å². The molecule has 132 valence electrons. The van der Waals surface area contributed by atoms with Crippen molar-refractivity contribution >= 4 is 40.7 Å². The predicted octanol–water partition coefficient (Wildman–Crippen LogP) is 4.61. The van der Waals surface area contributed by atoms with Crippen LogP contribution in [0.25, 0.3) is 0 Å². The maximum atomic E-state index is 12.2. The molecule has 2 amide bonds. The summed E-state index contributed by atoms with van der Waals surface area (Å²) in [5, 5.41) is 3.80. The predicted molar refractivity (Wildman–Crippen MR) is 102 cm³/mol. The van der Waals surface area contributed by atoms with Gasteiger partial charge in [-0.25, -0.2) is 0 Å². The maximum absolute atomic E-state index is 12.2. The molecule has 0 radical (unpaired) electrons. The van der Waals surface area contributed by atoms with Crippen molar-refractivity contribution in [3.63, 3.8) is 0 Å². The lowest BCUT2D eigenvalue weighted by molar-refractivity contribution is -0.121. The molecule has 25 heavy (non-hydrogen) atoms. The van der Waals surface area contributed by atoms with Crippen LogP contribution in [-0.2, 0) is 9.59 Å². The van der Waals surface area contributed by atoms with Crippen LogP contribution in [0.1, 0.15) is 31.9 Å². The number of hydrogen-bond donors (Lipinski definition) is 1. The molecule has 2 aromatic rings. The monoisotopic (exact) mass is 378 g/mol. The first-order chi connectivity index (χ1) is 11.9. The Morgan fingerprint density at radius 1 is 1.12 bits per heavy atom. The van der Waals surface area contributed by atoms with E-state index in [-0.39, 0.29) is 30.8 Å². The van der Waals surface area contributed by atoms with Gasteiger partial charge in [0.05, 0.1) is 16.8 Å². The van der Waals surface area contributed by atoms with E-state index in [1.54, 1.807) is 18.2 Å². The van der Waals surface area contributed by atoms with Gasteiger partial charge in [0.25, 0.3) is 0 Å². The maximum Gasteiger partial charge on any atom is 0.223 e. The van der Waals surface area contributed by atoms with Crippen molar-refractivity contribution < 1.29 is 9.59 Å². The minimum absolute atomic E-state index is 0.0985. The zero-order valence-electron chi connectivity index (χ0n) is 14.1. The second-order valence-corrected chi connectivity index (χ2v) is 6.56. The molecule has 0 saturated heterocycles. The Morgan fingerprint density at radius 2 is 1.80 bits per heavy atom. The Kier molecular flexibility index (Phi) is 6.85. The summed E-state index contributed by atoms with van der Waals surface area (Å²) >= 11 is 12.1. The molecule has 1 N–H and O–H groups in total.